The molecule has 0 saturated heterocycles. The van der Waals surface area contributed by atoms with Gasteiger partial charge in [0.15, 0.2) is 0 Å². The smallest absolute Gasteiger partial charge is 0.0743 e. The third kappa shape index (κ3) is 2.18. The lowest BCUT2D eigenvalue weighted by Gasteiger charge is -2.28. The third-order valence-corrected chi connectivity index (χ3v) is 3.02. The summed E-state index contributed by atoms with van der Waals surface area (Å²) in [5, 5.41) is 1.16. The summed E-state index contributed by atoms with van der Waals surface area (Å²) in [6, 6.07) is 8.46. The highest BCUT2D eigenvalue weighted by Gasteiger charge is 2.11. The normalized spacial score (nSPS) is 11.1. The summed E-state index contributed by atoms with van der Waals surface area (Å²) in [5.74, 6) is 0. The lowest BCUT2D eigenvalue weighted by molar-refractivity contribution is 0.706. The number of hydrogen-bond acceptors (Lipinski definition) is 3. The van der Waals surface area contributed by atoms with Crippen LogP contribution in [0.4, 0.5) is 11.4 Å². The van der Waals surface area contributed by atoms with Crippen molar-refractivity contribution in [1.29, 1.82) is 0 Å². The molecule has 3 heteroatoms. The molecule has 2 N–H and O–H groups in total. The zero-order chi connectivity index (χ0) is 12.4. The van der Waals surface area contributed by atoms with Crippen LogP contribution >= 0.6 is 0 Å². The molecule has 90 valence electrons. The Morgan fingerprint density at radius 2 is 2.06 bits per heavy atom. The summed E-state index contributed by atoms with van der Waals surface area (Å²) in [4.78, 5) is 6.73. The topological polar surface area (TPSA) is 42.2 Å². The summed E-state index contributed by atoms with van der Waals surface area (Å²) in [6.45, 7) is 7.56. The SMILES string of the molecule is CCN(c1ccnc2cc(N)ccc12)C(C)C. The van der Waals surface area contributed by atoms with Crippen LogP contribution in [0.15, 0.2) is 30.5 Å². The summed E-state index contributed by atoms with van der Waals surface area (Å²) in [6.07, 6.45) is 1.85. The average molecular weight is 229 g/mol. The Morgan fingerprint density at radius 1 is 1.29 bits per heavy atom. The highest BCUT2D eigenvalue weighted by Crippen LogP contribution is 2.27. The van der Waals surface area contributed by atoms with Crippen LogP contribution in [0.25, 0.3) is 10.9 Å². The van der Waals surface area contributed by atoms with Crippen molar-refractivity contribution >= 4 is 22.3 Å². The number of anilines is 2. The molecule has 0 radical (unpaired) electrons. The van der Waals surface area contributed by atoms with Crippen molar-refractivity contribution in [2.75, 3.05) is 17.2 Å². The summed E-state index contributed by atoms with van der Waals surface area (Å²) < 4.78 is 0. The van der Waals surface area contributed by atoms with E-state index in [4.69, 9.17) is 5.73 Å². The molecule has 0 amide bonds. The molecule has 0 aliphatic rings. The van der Waals surface area contributed by atoms with Crippen LogP contribution < -0.4 is 10.6 Å². The Bertz CT molecular complexity index is 520. The Kier molecular flexibility index (Phi) is 3.18. The van der Waals surface area contributed by atoms with E-state index in [-0.39, 0.29) is 0 Å². The first kappa shape index (κ1) is 11.7. The van der Waals surface area contributed by atoms with Gasteiger partial charge in [0.25, 0.3) is 0 Å². The number of rotatable bonds is 3. The quantitative estimate of drug-likeness (QED) is 0.822. The van der Waals surface area contributed by atoms with Gasteiger partial charge in [-0.25, -0.2) is 0 Å². The largest absolute Gasteiger partial charge is 0.399 e. The van der Waals surface area contributed by atoms with Gasteiger partial charge in [-0.3, -0.25) is 4.98 Å². The number of fused-ring (bicyclic) bond motifs is 1. The fourth-order valence-electron chi connectivity index (χ4n) is 2.21. The number of hydrogen-bond donors (Lipinski definition) is 1. The number of aromatic nitrogens is 1. The minimum absolute atomic E-state index is 0.475. The highest BCUT2D eigenvalue weighted by molar-refractivity contribution is 5.93. The molecule has 0 aliphatic carbocycles. The standard InChI is InChI=1S/C14H19N3/c1-4-17(10(2)3)14-7-8-16-13-9-11(15)5-6-12(13)14/h5-10H,4,15H2,1-3H3. The fourth-order valence-corrected chi connectivity index (χ4v) is 2.21. The molecule has 1 aromatic carbocycles. The van der Waals surface area contributed by atoms with Gasteiger partial charge >= 0.3 is 0 Å². The molecular weight excluding hydrogens is 210 g/mol. The molecule has 0 spiro atoms. The maximum Gasteiger partial charge on any atom is 0.0743 e. The Balaban J connectivity index is 2.61. The van der Waals surface area contributed by atoms with Crippen LogP contribution in [-0.4, -0.2) is 17.6 Å². The third-order valence-electron chi connectivity index (χ3n) is 3.02. The fraction of sp³-hybridized carbons (Fsp3) is 0.357. The predicted octanol–water partition coefficient (Wildman–Crippen LogP) is 3.05. The van der Waals surface area contributed by atoms with Crippen molar-refractivity contribution in [3.63, 3.8) is 0 Å². The van der Waals surface area contributed by atoms with Crippen LogP contribution in [0.3, 0.4) is 0 Å². The Morgan fingerprint density at radius 3 is 2.71 bits per heavy atom. The van der Waals surface area contributed by atoms with E-state index < -0.39 is 0 Å². The molecule has 1 heterocycles. The highest BCUT2D eigenvalue weighted by atomic mass is 15.1. The van der Waals surface area contributed by atoms with Crippen molar-refractivity contribution in [3.8, 4) is 0 Å². The number of benzene rings is 1. The maximum absolute atomic E-state index is 5.79. The van der Waals surface area contributed by atoms with Crippen molar-refractivity contribution in [1.82, 2.24) is 4.98 Å². The van der Waals surface area contributed by atoms with E-state index in [2.05, 4.69) is 42.8 Å². The second-order valence-corrected chi connectivity index (χ2v) is 4.49. The van der Waals surface area contributed by atoms with Gasteiger partial charge in [0, 0.05) is 35.5 Å². The van der Waals surface area contributed by atoms with Gasteiger partial charge in [0.1, 0.15) is 0 Å². The molecule has 2 rings (SSSR count). The Labute approximate surface area is 102 Å². The molecule has 0 fully saturated rings. The molecule has 0 bridgehead atoms. The van der Waals surface area contributed by atoms with Crippen molar-refractivity contribution < 1.29 is 0 Å². The lowest BCUT2D eigenvalue weighted by atomic mass is 10.1. The minimum atomic E-state index is 0.475. The van der Waals surface area contributed by atoms with Gasteiger partial charge in [-0.05, 0) is 45.0 Å². The molecular formula is C14H19N3. The lowest BCUT2D eigenvalue weighted by Crippen LogP contribution is -2.30. The van der Waals surface area contributed by atoms with Gasteiger partial charge in [0.2, 0.25) is 0 Å². The van der Waals surface area contributed by atoms with Crippen molar-refractivity contribution in [3.05, 3.63) is 30.5 Å². The molecule has 1 aromatic heterocycles. The van der Waals surface area contributed by atoms with E-state index in [1.165, 1.54) is 5.69 Å². The summed E-state index contributed by atoms with van der Waals surface area (Å²) in [7, 11) is 0. The van der Waals surface area contributed by atoms with E-state index in [0.29, 0.717) is 6.04 Å². The molecule has 0 aliphatic heterocycles. The average Bonchev–Trinajstić information content (AvgIpc) is 2.29. The zero-order valence-electron chi connectivity index (χ0n) is 10.6. The number of nitrogens with two attached hydrogens (primary N) is 1. The zero-order valence-corrected chi connectivity index (χ0v) is 10.6. The van der Waals surface area contributed by atoms with Crippen LogP contribution in [-0.2, 0) is 0 Å². The molecule has 17 heavy (non-hydrogen) atoms. The van der Waals surface area contributed by atoms with E-state index in [1.54, 1.807) is 0 Å². The van der Waals surface area contributed by atoms with Crippen LogP contribution in [0.1, 0.15) is 20.8 Å². The monoisotopic (exact) mass is 229 g/mol. The molecule has 2 aromatic rings. The van der Waals surface area contributed by atoms with Gasteiger partial charge < -0.3 is 10.6 Å². The van der Waals surface area contributed by atoms with E-state index in [1.807, 2.05) is 18.3 Å². The van der Waals surface area contributed by atoms with Gasteiger partial charge in [0.05, 0.1) is 5.52 Å². The molecule has 0 unspecified atom stereocenters. The second kappa shape index (κ2) is 4.62. The molecule has 0 atom stereocenters. The van der Waals surface area contributed by atoms with Crippen molar-refractivity contribution in [2.45, 2.75) is 26.8 Å². The van der Waals surface area contributed by atoms with E-state index in [9.17, 15) is 0 Å². The Hall–Kier alpha value is -1.77. The van der Waals surface area contributed by atoms with Gasteiger partial charge in [-0.15, -0.1) is 0 Å². The first-order chi connectivity index (χ1) is 8.13. The molecule has 3 nitrogen and oxygen atoms in total. The summed E-state index contributed by atoms with van der Waals surface area (Å²) >= 11 is 0. The number of pyridine rings is 1. The van der Waals surface area contributed by atoms with Crippen LogP contribution in [0.5, 0.6) is 0 Å². The van der Waals surface area contributed by atoms with Crippen molar-refractivity contribution in [2.24, 2.45) is 0 Å². The van der Waals surface area contributed by atoms with Crippen LogP contribution in [0, 0.1) is 0 Å². The molecule has 0 saturated carbocycles. The maximum atomic E-state index is 5.79. The summed E-state index contributed by atoms with van der Waals surface area (Å²) in [5.41, 5.74) is 8.74. The first-order valence-corrected chi connectivity index (χ1v) is 6.04. The van der Waals surface area contributed by atoms with Crippen LogP contribution in [0.2, 0.25) is 0 Å². The van der Waals surface area contributed by atoms with E-state index >= 15 is 0 Å². The van der Waals surface area contributed by atoms with E-state index in [0.717, 1.165) is 23.1 Å². The van der Waals surface area contributed by atoms with Gasteiger partial charge in [-0.2, -0.15) is 0 Å². The number of nitrogens with zero attached hydrogens (tertiary/aromatic N) is 2. The predicted molar refractivity (Wildman–Crippen MR) is 74.3 cm³/mol. The number of nitrogen functional groups attached to an aromatic ring is 1. The first-order valence-electron chi connectivity index (χ1n) is 6.04. The van der Waals surface area contributed by atoms with Gasteiger partial charge in [-0.1, -0.05) is 0 Å². The second-order valence-electron chi connectivity index (χ2n) is 4.49. The minimum Gasteiger partial charge on any atom is -0.399 e.